The summed E-state index contributed by atoms with van der Waals surface area (Å²) >= 11 is 0. The highest BCUT2D eigenvalue weighted by atomic mass is 16.5. The Kier molecular flexibility index (Phi) is 6.55. The Morgan fingerprint density at radius 2 is 0.909 bits per heavy atom. The van der Waals surface area contributed by atoms with Crippen molar-refractivity contribution >= 4 is 11.4 Å². The van der Waals surface area contributed by atoms with Gasteiger partial charge in [-0.2, -0.15) is 0 Å². The van der Waals surface area contributed by atoms with Crippen LogP contribution >= 0.6 is 0 Å². The van der Waals surface area contributed by atoms with E-state index >= 15 is 0 Å². The smallest absolute Gasteiger partial charge is 0.129 e. The lowest BCUT2D eigenvalue weighted by molar-refractivity contribution is 0.481. The molecule has 0 spiro atoms. The molecule has 0 saturated heterocycles. The fourth-order valence-corrected chi connectivity index (χ4v) is 3.75. The Morgan fingerprint density at radius 1 is 0.515 bits per heavy atom. The molecule has 0 atom stereocenters. The summed E-state index contributed by atoms with van der Waals surface area (Å²) in [6, 6.07) is 32.5. The molecule has 0 heterocycles. The van der Waals surface area contributed by atoms with Gasteiger partial charge in [-0.15, -0.1) is 0 Å². The molecular weight excluding hydrogens is 408 g/mol. The quantitative estimate of drug-likeness (QED) is 0.296. The summed E-state index contributed by atoms with van der Waals surface area (Å²) in [4.78, 5) is 0. The van der Waals surface area contributed by atoms with E-state index in [0.717, 1.165) is 34.4 Å². The monoisotopic (exact) mass is 438 g/mol. The minimum atomic E-state index is -0.158. The average molecular weight is 439 g/mol. The van der Waals surface area contributed by atoms with Gasteiger partial charge in [0.05, 0.1) is 0 Å². The first kappa shape index (κ1) is 22.3. The number of rotatable bonds is 8. The Bertz CT molecular complexity index is 1100. The zero-order valence-electron chi connectivity index (χ0n) is 19.6. The van der Waals surface area contributed by atoms with Crippen LogP contribution in [-0.4, -0.2) is 14.1 Å². The van der Waals surface area contributed by atoms with Gasteiger partial charge in [0.1, 0.15) is 23.0 Å². The van der Waals surface area contributed by atoms with E-state index in [-0.39, 0.29) is 5.41 Å². The molecule has 4 aromatic rings. The van der Waals surface area contributed by atoms with Gasteiger partial charge in [-0.3, -0.25) is 0 Å². The molecule has 4 rings (SSSR count). The van der Waals surface area contributed by atoms with E-state index < -0.39 is 0 Å². The number of hydrogen-bond donors (Lipinski definition) is 2. The second-order valence-corrected chi connectivity index (χ2v) is 8.43. The molecule has 168 valence electrons. The fourth-order valence-electron chi connectivity index (χ4n) is 3.75. The minimum Gasteiger partial charge on any atom is -0.457 e. The van der Waals surface area contributed by atoms with Gasteiger partial charge in [0.15, 0.2) is 0 Å². The Morgan fingerprint density at radius 3 is 1.27 bits per heavy atom. The number of hydrogen-bond acceptors (Lipinski definition) is 4. The molecule has 0 unspecified atom stereocenters. The van der Waals surface area contributed by atoms with Gasteiger partial charge < -0.3 is 20.1 Å². The molecule has 4 heteroatoms. The highest BCUT2D eigenvalue weighted by Gasteiger charge is 2.23. The molecule has 2 N–H and O–H groups in total. The molecule has 0 radical (unpaired) electrons. The van der Waals surface area contributed by atoms with Crippen LogP contribution < -0.4 is 20.1 Å². The Labute approximate surface area is 196 Å². The SMILES string of the molecule is CNc1cccc(Oc2ccc(C(C)(C)c3ccc(Oc4cccc(NC)c4)cc3)cc2)c1. The summed E-state index contributed by atoms with van der Waals surface area (Å²) in [6.07, 6.45) is 0. The normalized spacial score (nSPS) is 11.0. The highest BCUT2D eigenvalue weighted by molar-refractivity contribution is 5.50. The number of anilines is 2. The van der Waals surface area contributed by atoms with Gasteiger partial charge in [-0.25, -0.2) is 0 Å². The van der Waals surface area contributed by atoms with E-state index in [1.807, 2.05) is 86.9 Å². The number of ether oxygens (including phenoxy) is 2. The molecule has 0 bridgehead atoms. The third-order valence-corrected chi connectivity index (χ3v) is 5.87. The largest absolute Gasteiger partial charge is 0.457 e. The van der Waals surface area contributed by atoms with E-state index in [1.54, 1.807) is 0 Å². The summed E-state index contributed by atoms with van der Waals surface area (Å²) in [5, 5.41) is 6.26. The molecule has 0 aromatic heterocycles. The van der Waals surface area contributed by atoms with Crippen LogP contribution in [0.15, 0.2) is 97.1 Å². The van der Waals surface area contributed by atoms with Crippen LogP contribution in [0.5, 0.6) is 23.0 Å². The van der Waals surface area contributed by atoms with Crippen LogP contribution in [-0.2, 0) is 5.41 Å². The van der Waals surface area contributed by atoms with Gasteiger partial charge in [0.2, 0.25) is 0 Å². The van der Waals surface area contributed by atoms with Gasteiger partial charge >= 0.3 is 0 Å². The molecule has 0 fully saturated rings. The lowest BCUT2D eigenvalue weighted by Crippen LogP contribution is -2.18. The Hall–Kier alpha value is -3.92. The topological polar surface area (TPSA) is 42.5 Å². The molecule has 33 heavy (non-hydrogen) atoms. The zero-order valence-corrected chi connectivity index (χ0v) is 19.6. The molecule has 0 aliphatic carbocycles. The lowest BCUT2D eigenvalue weighted by atomic mass is 9.78. The lowest BCUT2D eigenvalue weighted by Gasteiger charge is -2.26. The first-order valence-electron chi connectivity index (χ1n) is 11.1. The van der Waals surface area contributed by atoms with E-state index in [4.69, 9.17) is 9.47 Å². The Balaban J connectivity index is 1.46. The van der Waals surface area contributed by atoms with Crippen LogP contribution in [0, 0.1) is 0 Å². The second kappa shape index (κ2) is 9.70. The van der Waals surface area contributed by atoms with Gasteiger partial charge in [0, 0.05) is 43.0 Å². The third-order valence-electron chi connectivity index (χ3n) is 5.87. The van der Waals surface area contributed by atoms with E-state index in [2.05, 4.69) is 48.7 Å². The van der Waals surface area contributed by atoms with Gasteiger partial charge in [-0.05, 0) is 59.7 Å². The summed E-state index contributed by atoms with van der Waals surface area (Å²) in [5.41, 5.74) is 4.32. The van der Waals surface area contributed by atoms with Crippen LogP contribution in [0.1, 0.15) is 25.0 Å². The fraction of sp³-hybridized carbons (Fsp3) is 0.172. The molecule has 0 aliphatic heterocycles. The van der Waals surface area contributed by atoms with Crippen molar-refractivity contribution in [2.45, 2.75) is 19.3 Å². The predicted molar refractivity (Wildman–Crippen MR) is 137 cm³/mol. The van der Waals surface area contributed by atoms with E-state index in [9.17, 15) is 0 Å². The van der Waals surface area contributed by atoms with E-state index in [1.165, 1.54) is 11.1 Å². The minimum absolute atomic E-state index is 0.158. The standard InChI is InChI=1S/C29H30N2O2/c1-29(2,21-11-15-25(16-12-21)32-27-9-5-7-23(19-27)30-3)22-13-17-26(18-14-22)33-28-10-6-8-24(20-28)31-4/h5-20,30-31H,1-4H3. The average Bonchev–Trinajstić information content (AvgIpc) is 2.85. The van der Waals surface area contributed by atoms with Crippen molar-refractivity contribution in [1.29, 1.82) is 0 Å². The molecule has 0 aliphatic rings. The summed E-state index contributed by atoms with van der Waals surface area (Å²) < 4.78 is 12.0. The van der Waals surface area contributed by atoms with Crippen molar-refractivity contribution < 1.29 is 9.47 Å². The highest BCUT2D eigenvalue weighted by Crippen LogP contribution is 2.35. The summed E-state index contributed by atoms with van der Waals surface area (Å²) in [6.45, 7) is 4.46. The van der Waals surface area contributed by atoms with E-state index in [0.29, 0.717) is 0 Å². The maximum atomic E-state index is 6.02. The van der Waals surface area contributed by atoms with Crippen LogP contribution in [0.4, 0.5) is 11.4 Å². The predicted octanol–water partition coefficient (Wildman–Crippen LogP) is 7.68. The van der Waals surface area contributed by atoms with Crippen molar-refractivity contribution in [1.82, 2.24) is 0 Å². The first-order valence-corrected chi connectivity index (χ1v) is 11.1. The second-order valence-electron chi connectivity index (χ2n) is 8.43. The van der Waals surface area contributed by atoms with Crippen LogP contribution in [0.3, 0.4) is 0 Å². The van der Waals surface area contributed by atoms with Crippen molar-refractivity contribution in [2.75, 3.05) is 24.7 Å². The summed E-state index contributed by atoms with van der Waals surface area (Å²) in [5.74, 6) is 3.25. The van der Waals surface area contributed by atoms with Gasteiger partial charge in [0.25, 0.3) is 0 Å². The summed E-state index contributed by atoms with van der Waals surface area (Å²) in [7, 11) is 3.80. The molecule has 0 saturated carbocycles. The molecule has 4 aromatic carbocycles. The van der Waals surface area contributed by atoms with Crippen molar-refractivity contribution in [3.63, 3.8) is 0 Å². The first-order chi connectivity index (χ1) is 16.0. The zero-order chi connectivity index (χ0) is 23.3. The van der Waals surface area contributed by atoms with Gasteiger partial charge in [-0.1, -0.05) is 50.2 Å². The third kappa shape index (κ3) is 5.29. The maximum Gasteiger partial charge on any atom is 0.129 e. The number of benzene rings is 4. The van der Waals surface area contributed by atoms with Crippen molar-refractivity contribution in [3.05, 3.63) is 108 Å². The van der Waals surface area contributed by atoms with Crippen LogP contribution in [0.2, 0.25) is 0 Å². The number of nitrogens with one attached hydrogen (secondary N) is 2. The van der Waals surface area contributed by atoms with Crippen molar-refractivity contribution in [2.24, 2.45) is 0 Å². The molecular formula is C29H30N2O2. The molecule has 4 nitrogen and oxygen atoms in total. The molecule has 0 amide bonds. The van der Waals surface area contributed by atoms with Crippen LogP contribution in [0.25, 0.3) is 0 Å². The van der Waals surface area contributed by atoms with Crippen molar-refractivity contribution in [3.8, 4) is 23.0 Å². The maximum absolute atomic E-state index is 6.02.